The number of hydrogen-bond acceptors (Lipinski definition) is 2. The van der Waals surface area contributed by atoms with Crippen molar-refractivity contribution < 1.29 is 0 Å². The van der Waals surface area contributed by atoms with E-state index in [0.717, 1.165) is 33.9 Å². The van der Waals surface area contributed by atoms with E-state index in [1.165, 1.54) is 49.4 Å². The third kappa shape index (κ3) is 5.73. The number of hydrogen-bond donors (Lipinski definition) is 0. The third-order valence-corrected chi connectivity index (χ3v) is 9.71. The lowest BCUT2D eigenvalue weighted by atomic mass is 9.86. The number of fused-ring (bicyclic) bond motifs is 3. The van der Waals surface area contributed by atoms with E-state index in [2.05, 4.69) is 199 Å². The number of pyridine rings is 1. The number of anilines is 3. The average molecular weight is 651 g/mol. The van der Waals surface area contributed by atoms with Gasteiger partial charge in [0.25, 0.3) is 0 Å². The molecule has 1 aromatic heterocycles. The highest BCUT2D eigenvalue weighted by Gasteiger charge is 2.20. The van der Waals surface area contributed by atoms with E-state index >= 15 is 0 Å². The summed E-state index contributed by atoms with van der Waals surface area (Å²) in [4.78, 5) is 7.26. The van der Waals surface area contributed by atoms with Crippen LogP contribution in [0.5, 0.6) is 0 Å². The molecule has 9 aromatic rings. The molecule has 0 saturated carbocycles. The quantitative estimate of drug-likeness (QED) is 0.160. The minimum absolute atomic E-state index is 0.963. The first-order valence-corrected chi connectivity index (χ1v) is 17.4. The Morgan fingerprint density at radius 1 is 0.294 bits per heavy atom. The molecule has 0 atom stereocenters. The van der Waals surface area contributed by atoms with Gasteiger partial charge in [0.1, 0.15) is 0 Å². The van der Waals surface area contributed by atoms with Gasteiger partial charge in [-0.3, -0.25) is 4.98 Å². The number of benzene rings is 8. The predicted molar refractivity (Wildman–Crippen MR) is 216 cm³/mol. The van der Waals surface area contributed by atoms with Gasteiger partial charge < -0.3 is 4.90 Å². The summed E-state index contributed by atoms with van der Waals surface area (Å²) in [5, 5.41) is 4.87. The standard InChI is InChI=1S/C49H34N2/c1-3-14-35(15-4-1)37-25-29-40(30-26-37)51(41-31-27-38(28-32-41)36-16-5-2-6-17-36)42-19-13-18-39(34-42)48-45-22-9-7-20-43(45)44-21-8-10-23-46(44)49(48)47-24-11-12-33-50-47/h1-34H. The molecule has 0 aliphatic rings. The Bertz CT molecular complexity index is 2510. The Kier molecular flexibility index (Phi) is 7.88. The fourth-order valence-electron chi connectivity index (χ4n) is 7.33. The van der Waals surface area contributed by atoms with Gasteiger partial charge >= 0.3 is 0 Å². The molecular formula is C49H34N2. The van der Waals surface area contributed by atoms with Gasteiger partial charge in [-0.25, -0.2) is 0 Å². The second-order valence-electron chi connectivity index (χ2n) is 12.8. The van der Waals surface area contributed by atoms with Crippen molar-refractivity contribution in [3.05, 3.63) is 206 Å². The van der Waals surface area contributed by atoms with Gasteiger partial charge in [0.15, 0.2) is 0 Å². The summed E-state index contributed by atoms with van der Waals surface area (Å²) in [7, 11) is 0. The zero-order valence-corrected chi connectivity index (χ0v) is 28.0. The van der Waals surface area contributed by atoms with Crippen LogP contribution < -0.4 is 4.90 Å². The first kappa shape index (κ1) is 30.3. The highest BCUT2D eigenvalue weighted by Crippen LogP contribution is 2.46. The van der Waals surface area contributed by atoms with Gasteiger partial charge in [0, 0.05) is 28.8 Å². The number of nitrogens with zero attached hydrogens (tertiary/aromatic N) is 2. The Morgan fingerprint density at radius 3 is 1.27 bits per heavy atom. The van der Waals surface area contributed by atoms with Gasteiger partial charge in [0.2, 0.25) is 0 Å². The maximum Gasteiger partial charge on any atom is 0.0714 e. The topological polar surface area (TPSA) is 16.1 Å². The Balaban J connectivity index is 1.24. The summed E-state index contributed by atoms with van der Waals surface area (Å²) in [6.45, 7) is 0. The summed E-state index contributed by atoms with van der Waals surface area (Å²) < 4.78 is 0. The van der Waals surface area contributed by atoms with Gasteiger partial charge in [-0.2, -0.15) is 0 Å². The molecule has 0 spiro atoms. The largest absolute Gasteiger partial charge is 0.310 e. The van der Waals surface area contributed by atoms with E-state index in [1.807, 2.05) is 12.3 Å². The Labute approximate surface area is 298 Å². The third-order valence-electron chi connectivity index (χ3n) is 9.71. The van der Waals surface area contributed by atoms with Crippen LogP contribution in [0.3, 0.4) is 0 Å². The molecule has 9 rings (SSSR count). The minimum atomic E-state index is 0.963. The van der Waals surface area contributed by atoms with Crippen LogP contribution in [-0.4, -0.2) is 4.98 Å². The van der Waals surface area contributed by atoms with Crippen molar-refractivity contribution in [1.29, 1.82) is 0 Å². The molecule has 2 nitrogen and oxygen atoms in total. The second-order valence-corrected chi connectivity index (χ2v) is 12.8. The zero-order valence-electron chi connectivity index (χ0n) is 28.0. The summed E-state index contributed by atoms with van der Waals surface area (Å²) in [5.74, 6) is 0. The molecule has 0 radical (unpaired) electrons. The summed E-state index contributed by atoms with van der Waals surface area (Å²) in [6.07, 6.45) is 1.89. The van der Waals surface area contributed by atoms with Gasteiger partial charge in [0.05, 0.1) is 5.69 Å². The maximum absolute atomic E-state index is 4.90. The monoisotopic (exact) mass is 650 g/mol. The van der Waals surface area contributed by atoms with Crippen molar-refractivity contribution in [3.63, 3.8) is 0 Å². The Hall–Kier alpha value is -6.77. The number of rotatable bonds is 7. The van der Waals surface area contributed by atoms with E-state index in [-0.39, 0.29) is 0 Å². The molecule has 8 aromatic carbocycles. The second kappa shape index (κ2) is 13.3. The first-order valence-electron chi connectivity index (χ1n) is 17.4. The van der Waals surface area contributed by atoms with Gasteiger partial charge in [-0.15, -0.1) is 0 Å². The lowest BCUT2D eigenvalue weighted by molar-refractivity contribution is 1.28. The van der Waals surface area contributed by atoms with E-state index in [0.29, 0.717) is 0 Å². The van der Waals surface area contributed by atoms with E-state index in [4.69, 9.17) is 4.98 Å². The lowest BCUT2D eigenvalue weighted by Gasteiger charge is -2.27. The molecule has 240 valence electrons. The molecule has 0 N–H and O–H groups in total. The van der Waals surface area contributed by atoms with Crippen molar-refractivity contribution in [2.24, 2.45) is 0 Å². The Morgan fingerprint density at radius 2 is 0.745 bits per heavy atom. The van der Waals surface area contributed by atoms with E-state index in [1.54, 1.807) is 0 Å². The van der Waals surface area contributed by atoms with Crippen LogP contribution in [0.25, 0.3) is 66.2 Å². The van der Waals surface area contributed by atoms with Crippen LogP contribution in [0.1, 0.15) is 0 Å². The van der Waals surface area contributed by atoms with Crippen LogP contribution in [0.15, 0.2) is 206 Å². The number of aromatic nitrogens is 1. The molecular weight excluding hydrogens is 617 g/mol. The molecule has 2 heteroatoms. The normalized spacial score (nSPS) is 11.1. The molecule has 0 bridgehead atoms. The fourth-order valence-corrected chi connectivity index (χ4v) is 7.33. The first-order chi connectivity index (χ1) is 25.3. The summed E-state index contributed by atoms with van der Waals surface area (Å²) in [6, 6.07) is 71.5. The average Bonchev–Trinajstić information content (AvgIpc) is 3.22. The van der Waals surface area contributed by atoms with Crippen molar-refractivity contribution in [2.45, 2.75) is 0 Å². The van der Waals surface area contributed by atoms with Crippen LogP contribution in [-0.2, 0) is 0 Å². The smallest absolute Gasteiger partial charge is 0.0714 e. The molecule has 0 fully saturated rings. The molecule has 0 amide bonds. The molecule has 0 aliphatic carbocycles. The molecule has 0 aliphatic heterocycles. The van der Waals surface area contributed by atoms with Gasteiger partial charge in [-0.05, 0) is 103 Å². The summed E-state index contributed by atoms with van der Waals surface area (Å²) >= 11 is 0. The zero-order chi connectivity index (χ0) is 34.0. The maximum atomic E-state index is 4.90. The van der Waals surface area contributed by atoms with Crippen molar-refractivity contribution in [2.75, 3.05) is 4.90 Å². The van der Waals surface area contributed by atoms with Crippen molar-refractivity contribution in [1.82, 2.24) is 4.98 Å². The SMILES string of the molecule is c1ccc(-c2ccc(N(c3ccc(-c4ccccc4)cc3)c3cccc(-c4c(-c5ccccn5)c5ccccc5c5ccccc45)c3)cc2)cc1. The minimum Gasteiger partial charge on any atom is -0.310 e. The molecule has 1 heterocycles. The fraction of sp³-hybridized carbons (Fsp3) is 0. The highest BCUT2D eigenvalue weighted by molar-refractivity contribution is 6.21. The van der Waals surface area contributed by atoms with Crippen LogP contribution in [0.4, 0.5) is 17.1 Å². The van der Waals surface area contributed by atoms with Crippen LogP contribution in [0.2, 0.25) is 0 Å². The lowest BCUT2D eigenvalue weighted by Crippen LogP contribution is -2.10. The predicted octanol–water partition coefficient (Wildman–Crippen LogP) is 13.5. The van der Waals surface area contributed by atoms with Crippen LogP contribution in [0, 0.1) is 0 Å². The van der Waals surface area contributed by atoms with Gasteiger partial charge in [-0.1, -0.05) is 152 Å². The van der Waals surface area contributed by atoms with Crippen molar-refractivity contribution in [3.8, 4) is 44.6 Å². The van der Waals surface area contributed by atoms with Crippen molar-refractivity contribution >= 4 is 38.6 Å². The highest BCUT2D eigenvalue weighted by atomic mass is 15.1. The molecule has 0 saturated heterocycles. The van der Waals surface area contributed by atoms with E-state index < -0.39 is 0 Å². The molecule has 51 heavy (non-hydrogen) atoms. The van der Waals surface area contributed by atoms with Crippen LogP contribution >= 0.6 is 0 Å². The molecule has 0 unspecified atom stereocenters. The summed E-state index contributed by atoms with van der Waals surface area (Å²) in [5.41, 5.74) is 12.5. The van der Waals surface area contributed by atoms with E-state index in [9.17, 15) is 0 Å².